The van der Waals surface area contributed by atoms with Gasteiger partial charge in [-0.25, -0.2) is 0 Å². The predicted octanol–water partition coefficient (Wildman–Crippen LogP) is 3.93. The maximum absolute atomic E-state index is 4.37. The molecule has 1 N–H and O–H groups in total. The molecule has 2 aromatic rings. The molecule has 0 aliphatic carbocycles. The summed E-state index contributed by atoms with van der Waals surface area (Å²) in [5.74, 6) is 0.740. The Morgan fingerprint density at radius 2 is 1.89 bits per heavy atom. The van der Waals surface area contributed by atoms with E-state index in [1.54, 1.807) is 0 Å². The van der Waals surface area contributed by atoms with Crippen molar-refractivity contribution in [2.45, 2.75) is 32.7 Å². The first kappa shape index (κ1) is 13.0. The average Bonchev–Trinajstić information content (AvgIpc) is 2.39. The molecular formula is C16H22N2. The molecule has 0 fully saturated rings. The lowest BCUT2D eigenvalue weighted by Gasteiger charge is -2.19. The number of rotatable bonds is 5. The molecule has 0 bridgehead atoms. The topological polar surface area (TPSA) is 24.9 Å². The summed E-state index contributed by atoms with van der Waals surface area (Å²) in [5, 5.41) is 5.96. The monoisotopic (exact) mass is 242 g/mol. The normalized spacial score (nSPS) is 13.1. The minimum Gasteiger partial charge on any atom is -0.313 e. The van der Waals surface area contributed by atoms with Crippen molar-refractivity contribution in [2.24, 2.45) is 5.92 Å². The number of nitrogens with one attached hydrogen (secondary N) is 1. The van der Waals surface area contributed by atoms with Gasteiger partial charge >= 0.3 is 0 Å². The van der Waals surface area contributed by atoms with Crippen LogP contribution in [-0.2, 0) is 0 Å². The third-order valence-electron chi connectivity index (χ3n) is 3.46. The molecule has 0 saturated heterocycles. The minimum absolute atomic E-state index is 0.394. The second-order valence-corrected chi connectivity index (χ2v) is 5.26. The fourth-order valence-corrected chi connectivity index (χ4v) is 2.37. The maximum atomic E-state index is 4.37. The molecule has 0 aliphatic rings. The lowest BCUT2D eigenvalue weighted by atomic mass is 9.95. The summed E-state index contributed by atoms with van der Waals surface area (Å²) >= 11 is 0. The molecule has 96 valence electrons. The van der Waals surface area contributed by atoms with E-state index in [2.05, 4.69) is 48.4 Å². The van der Waals surface area contributed by atoms with Crippen molar-refractivity contribution in [1.82, 2.24) is 10.3 Å². The Morgan fingerprint density at radius 1 is 1.11 bits per heavy atom. The van der Waals surface area contributed by atoms with E-state index in [-0.39, 0.29) is 0 Å². The van der Waals surface area contributed by atoms with Crippen molar-refractivity contribution in [3.63, 3.8) is 0 Å². The Morgan fingerprint density at radius 3 is 2.61 bits per heavy atom. The molecule has 2 heteroatoms. The summed E-state index contributed by atoms with van der Waals surface area (Å²) in [7, 11) is 2.03. The van der Waals surface area contributed by atoms with E-state index in [1.807, 2.05) is 19.4 Å². The zero-order valence-corrected chi connectivity index (χ0v) is 11.5. The highest BCUT2D eigenvalue weighted by Crippen LogP contribution is 2.26. The summed E-state index contributed by atoms with van der Waals surface area (Å²) in [6.45, 7) is 4.54. The fraction of sp³-hybridized carbons (Fsp3) is 0.438. The molecule has 1 unspecified atom stereocenters. The predicted molar refractivity (Wildman–Crippen MR) is 77.6 cm³/mol. The Balaban J connectivity index is 2.32. The van der Waals surface area contributed by atoms with Gasteiger partial charge in [0.1, 0.15) is 0 Å². The van der Waals surface area contributed by atoms with Crippen LogP contribution in [0.4, 0.5) is 0 Å². The SMILES string of the molecule is CNC(CCC(C)C)c1cncc2ccccc12. The van der Waals surface area contributed by atoms with Crippen LogP contribution in [-0.4, -0.2) is 12.0 Å². The molecule has 2 rings (SSSR count). The van der Waals surface area contributed by atoms with Crippen LogP contribution < -0.4 is 5.32 Å². The first-order valence-corrected chi connectivity index (χ1v) is 6.72. The van der Waals surface area contributed by atoms with Gasteiger partial charge in [0.2, 0.25) is 0 Å². The van der Waals surface area contributed by atoms with Gasteiger partial charge in [-0.15, -0.1) is 0 Å². The Hall–Kier alpha value is -1.41. The largest absolute Gasteiger partial charge is 0.313 e. The van der Waals surface area contributed by atoms with Crippen LogP contribution in [0.25, 0.3) is 10.8 Å². The minimum atomic E-state index is 0.394. The van der Waals surface area contributed by atoms with E-state index in [4.69, 9.17) is 0 Å². The number of aromatic nitrogens is 1. The molecule has 1 heterocycles. The molecule has 0 amide bonds. The van der Waals surface area contributed by atoms with Crippen molar-refractivity contribution < 1.29 is 0 Å². The lowest BCUT2D eigenvalue weighted by molar-refractivity contribution is 0.466. The summed E-state index contributed by atoms with van der Waals surface area (Å²) < 4.78 is 0. The smallest absolute Gasteiger partial charge is 0.0346 e. The summed E-state index contributed by atoms with van der Waals surface area (Å²) in [4.78, 5) is 4.37. The van der Waals surface area contributed by atoms with E-state index in [0.717, 1.165) is 12.3 Å². The van der Waals surface area contributed by atoms with E-state index >= 15 is 0 Å². The Bertz CT molecular complexity index is 500. The van der Waals surface area contributed by atoms with Crippen LogP contribution >= 0.6 is 0 Å². The van der Waals surface area contributed by atoms with Gasteiger partial charge in [0.05, 0.1) is 0 Å². The summed E-state index contributed by atoms with van der Waals surface area (Å²) in [6.07, 6.45) is 6.33. The molecule has 18 heavy (non-hydrogen) atoms. The van der Waals surface area contributed by atoms with Gasteiger partial charge in [-0.1, -0.05) is 38.1 Å². The molecule has 1 aromatic heterocycles. The number of pyridine rings is 1. The van der Waals surface area contributed by atoms with Crippen LogP contribution in [0.2, 0.25) is 0 Å². The zero-order valence-electron chi connectivity index (χ0n) is 11.5. The Labute approximate surface area is 109 Å². The first-order chi connectivity index (χ1) is 8.72. The van der Waals surface area contributed by atoms with Crippen molar-refractivity contribution >= 4 is 10.8 Å². The van der Waals surface area contributed by atoms with Crippen LogP contribution in [0.5, 0.6) is 0 Å². The molecule has 0 saturated carbocycles. The Kier molecular flexibility index (Phi) is 4.32. The van der Waals surface area contributed by atoms with Gasteiger partial charge in [0.15, 0.2) is 0 Å². The van der Waals surface area contributed by atoms with E-state index in [9.17, 15) is 0 Å². The maximum Gasteiger partial charge on any atom is 0.0346 e. The molecule has 0 radical (unpaired) electrons. The molecule has 2 nitrogen and oxygen atoms in total. The van der Waals surface area contributed by atoms with E-state index < -0.39 is 0 Å². The lowest BCUT2D eigenvalue weighted by Crippen LogP contribution is -2.17. The summed E-state index contributed by atoms with van der Waals surface area (Å²) in [5.41, 5.74) is 1.32. The van der Waals surface area contributed by atoms with E-state index in [1.165, 1.54) is 22.8 Å². The molecule has 0 aliphatic heterocycles. The van der Waals surface area contributed by atoms with Gasteiger partial charge in [-0.05, 0) is 36.8 Å². The van der Waals surface area contributed by atoms with Crippen molar-refractivity contribution in [2.75, 3.05) is 7.05 Å². The molecule has 1 aromatic carbocycles. The number of benzene rings is 1. The highest BCUT2D eigenvalue weighted by atomic mass is 14.9. The van der Waals surface area contributed by atoms with Gasteiger partial charge in [-0.2, -0.15) is 0 Å². The molecular weight excluding hydrogens is 220 g/mol. The average molecular weight is 242 g/mol. The van der Waals surface area contributed by atoms with Crippen LogP contribution in [0.1, 0.15) is 38.3 Å². The van der Waals surface area contributed by atoms with Gasteiger partial charge in [-0.3, -0.25) is 4.98 Å². The van der Waals surface area contributed by atoms with Crippen molar-refractivity contribution in [3.05, 3.63) is 42.2 Å². The second-order valence-electron chi connectivity index (χ2n) is 5.26. The first-order valence-electron chi connectivity index (χ1n) is 6.72. The zero-order chi connectivity index (χ0) is 13.0. The van der Waals surface area contributed by atoms with Crippen LogP contribution in [0.15, 0.2) is 36.7 Å². The number of nitrogens with zero attached hydrogens (tertiary/aromatic N) is 1. The number of hydrogen-bond donors (Lipinski definition) is 1. The second kappa shape index (κ2) is 5.96. The third-order valence-corrected chi connectivity index (χ3v) is 3.46. The van der Waals surface area contributed by atoms with Gasteiger partial charge in [0.25, 0.3) is 0 Å². The van der Waals surface area contributed by atoms with Gasteiger partial charge in [0, 0.05) is 23.8 Å². The third kappa shape index (κ3) is 2.88. The summed E-state index contributed by atoms with van der Waals surface area (Å²) in [6, 6.07) is 8.87. The molecule has 1 atom stereocenters. The fourth-order valence-electron chi connectivity index (χ4n) is 2.37. The van der Waals surface area contributed by atoms with E-state index in [0.29, 0.717) is 6.04 Å². The highest BCUT2D eigenvalue weighted by Gasteiger charge is 2.13. The van der Waals surface area contributed by atoms with Crippen molar-refractivity contribution in [1.29, 1.82) is 0 Å². The number of fused-ring (bicyclic) bond motifs is 1. The van der Waals surface area contributed by atoms with Gasteiger partial charge < -0.3 is 5.32 Å². The standard InChI is InChI=1S/C16H22N2/c1-12(2)8-9-16(17-3)15-11-18-10-13-6-4-5-7-14(13)15/h4-7,10-12,16-17H,8-9H2,1-3H3. The number of hydrogen-bond acceptors (Lipinski definition) is 2. The quantitative estimate of drug-likeness (QED) is 0.859. The molecule has 0 spiro atoms. The van der Waals surface area contributed by atoms with Crippen LogP contribution in [0, 0.1) is 5.92 Å². The van der Waals surface area contributed by atoms with Crippen molar-refractivity contribution in [3.8, 4) is 0 Å². The highest BCUT2D eigenvalue weighted by molar-refractivity contribution is 5.85. The van der Waals surface area contributed by atoms with Crippen LogP contribution in [0.3, 0.4) is 0 Å².